The van der Waals surface area contributed by atoms with Gasteiger partial charge in [0.15, 0.2) is 11.5 Å². The summed E-state index contributed by atoms with van der Waals surface area (Å²) in [7, 11) is 4.33. The Morgan fingerprint density at radius 2 is 1.47 bits per heavy atom. The molecule has 2 aromatic carbocycles. The average molecular weight is 469 g/mol. The van der Waals surface area contributed by atoms with Gasteiger partial charge in [-0.05, 0) is 44.0 Å². The zero-order chi connectivity index (χ0) is 25.2. The predicted molar refractivity (Wildman–Crippen MR) is 128 cm³/mol. The molecule has 0 bridgehead atoms. The van der Waals surface area contributed by atoms with Crippen molar-refractivity contribution in [1.82, 2.24) is 10.2 Å². The lowest BCUT2D eigenvalue weighted by Gasteiger charge is -2.44. The molecule has 0 aromatic heterocycles. The molecule has 1 aliphatic rings. The van der Waals surface area contributed by atoms with Gasteiger partial charge >= 0.3 is 0 Å². The molecular weight excluding hydrogens is 436 g/mol. The summed E-state index contributed by atoms with van der Waals surface area (Å²) < 4.78 is 16.0. The lowest BCUT2D eigenvalue weighted by atomic mass is 9.80. The number of hydrogen-bond acceptors (Lipinski definition) is 6. The van der Waals surface area contributed by atoms with E-state index in [9.17, 15) is 14.4 Å². The Labute approximate surface area is 200 Å². The maximum absolute atomic E-state index is 13.7. The fraction of sp³-hybridized carbons (Fsp3) is 0.423. The third-order valence-corrected chi connectivity index (χ3v) is 6.18. The van der Waals surface area contributed by atoms with Crippen molar-refractivity contribution in [2.45, 2.75) is 51.7 Å². The van der Waals surface area contributed by atoms with Gasteiger partial charge < -0.3 is 24.4 Å². The van der Waals surface area contributed by atoms with Gasteiger partial charge in [0.25, 0.3) is 11.7 Å². The molecule has 34 heavy (non-hydrogen) atoms. The van der Waals surface area contributed by atoms with Crippen LogP contribution in [0.25, 0.3) is 0 Å². The highest BCUT2D eigenvalue weighted by molar-refractivity contribution is 6.43. The molecule has 0 spiro atoms. The molecule has 8 nitrogen and oxygen atoms in total. The zero-order valence-electron chi connectivity index (χ0n) is 20.7. The predicted octanol–water partition coefficient (Wildman–Crippen LogP) is 3.50. The standard InChI is InChI=1S/C26H32N2O6/c1-14(2)27-25(30)22-15(3)18-10-8-9-11-19(18)16(4)28(22)26(31)23(29)17-12-20(32-5)24(34-7)21(13-17)33-6/h8-16,22H,1-7H3,(H,27,30)/t15?,16?,22-/m0/s1. The maximum Gasteiger partial charge on any atom is 0.296 e. The van der Waals surface area contributed by atoms with E-state index in [0.717, 1.165) is 11.1 Å². The molecule has 0 saturated heterocycles. The molecule has 3 rings (SSSR count). The summed E-state index contributed by atoms with van der Waals surface area (Å²) in [5, 5.41) is 2.91. The molecule has 3 atom stereocenters. The van der Waals surface area contributed by atoms with E-state index in [1.165, 1.54) is 38.4 Å². The van der Waals surface area contributed by atoms with Crippen molar-refractivity contribution in [3.63, 3.8) is 0 Å². The van der Waals surface area contributed by atoms with E-state index in [0.29, 0.717) is 5.75 Å². The van der Waals surface area contributed by atoms with Crippen LogP contribution < -0.4 is 19.5 Å². The van der Waals surface area contributed by atoms with Crippen molar-refractivity contribution < 1.29 is 28.6 Å². The summed E-state index contributed by atoms with van der Waals surface area (Å²) >= 11 is 0. The van der Waals surface area contributed by atoms with Crippen molar-refractivity contribution in [3.05, 3.63) is 53.1 Å². The number of methoxy groups -OCH3 is 3. The molecule has 182 valence electrons. The minimum atomic E-state index is -0.842. The third-order valence-electron chi connectivity index (χ3n) is 6.18. The van der Waals surface area contributed by atoms with Crippen molar-refractivity contribution in [2.24, 2.45) is 0 Å². The van der Waals surface area contributed by atoms with E-state index in [-0.39, 0.29) is 34.9 Å². The number of hydrogen-bond donors (Lipinski definition) is 1. The van der Waals surface area contributed by atoms with Crippen LogP contribution in [0.2, 0.25) is 0 Å². The minimum absolute atomic E-state index is 0.0845. The first kappa shape index (κ1) is 25.1. The molecule has 1 aliphatic heterocycles. The number of nitrogens with zero attached hydrogens (tertiary/aromatic N) is 1. The number of nitrogens with one attached hydrogen (secondary N) is 1. The molecule has 1 heterocycles. The summed E-state index contributed by atoms with van der Waals surface area (Å²) in [6.07, 6.45) is 0. The smallest absolute Gasteiger partial charge is 0.296 e. The molecule has 8 heteroatoms. The fourth-order valence-electron chi connectivity index (χ4n) is 4.59. The average Bonchev–Trinajstić information content (AvgIpc) is 2.83. The van der Waals surface area contributed by atoms with E-state index in [1.54, 1.807) is 0 Å². The van der Waals surface area contributed by atoms with E-state index >= 15 is 0 Å². The van der Waals surface area contributed by atoms with Gasteiger partial charge in [-0.3, -0.25) is 14.4 Å². The Kier molecular flexibility index (Phi) is 7.49. The quantitative estimate of drug-likeness (QED) is 0.494. The Hall–Kier alpha value is -3.55. The van der Waals surface area contributed by atoms with Crippen LogP contribution in [0.1, 0.15) is 61.1 Å². The highest BCUT2D eigenvalue weighted by Gasteiger charge is 2.45. The molecule has 0 fully saturated rings. The number of rotatable bonds is 7. The zero-order valence-corrected chi connectivity index (χ0v) is 20.7. The number of amides is 2. The lowest BCUT2D eigenvalue weighted by Crippen LogP contribution is -2.57. The first-order chi connectivity index (χ1) is 16.2. The minimum Gasteiger partial charge on any atom is -0.493 e. The summed E-state index contributed by atoms with van der Waals surface area (Å²) in [6.45, 7) is 7.45. The molecular formula is C26H32N2O6. The SMILES string of the molecule is COc1cc(C(=O)C(=O)N2C(C)c3ccccc3C(C)[C@H]2C(=O)NC(C)C)cc(OC)c1OC. The number of carbonyl (C=O) groups is 3. The van der Waals surface area contributed by atoms with E-state index in [1.807, 2.05) is 52.0 Å². The molecule has 0 saturated carbocycles. The van der Waals surface area contributed by atoms with Crippen LogP contribution >= 0.6 is 0 Å². The highest BCUT2D eigenvalue weighted by atomic mass is 16.5. The first-order valence-corrected chi connectivity index (χ1v) is 11.2. The Balaban J connectivity index is 2.09. The third kappa shape index (κ3) is 4.44. The van der Waals surface area contributed by atoms with Crippen molar-refractivity contribution in [3.8, 4) is 17.2 Å². The monoisotopic (exact) mass is 468 g/mol. The Morgan fingerprint density at radius 1 is 0.912 bits per heavy atom. The number of ketones is 1. The molecule has 0 radical (unpaired) electrons. The van der Waals surface area contributed by atoms with Crippen LogP contribution in [-0.2, 0) is 9.59 Å². The molecule has 2 unspecified atom stereocenters. The normalized spacial score (nSPS) is 19.3. The summed E-state index contributed by atoms with van der Waals surface area (Å²) in [5.41, 5.74) is 1.99. The topological polar surface area (TPSA) is 94.2 Å². The van der Waals surface area contributed by atoms with Crippen LogP contribution in [0.15, 0.2) is 36.4 Å². The lowest BCUT2D eigenvalue weighted by molar-refractivity contribution is -0.141. The molecule has 2 aromatic rings. The van der Waals surface area contributed by atoms with E-state index in [4.69, 9.17) is 14.2 Å². The van der Waals surface area contributed by atoms with Crippen molar-refractivity contribution in [2.75, 3.05) is 21.3 Å². The number of fused-ring (bicyclic) bond motifs is 1. The van der Waals surface area contributed by atoms with Crippen molar-refractivity contribution in [1.29, 1.82) is 0 Å². The second kappa shape index (κ2) is 10.2. The van der Waals surface area contributed by atoms with Crippen LogP contribution in [0.3, 0.4) is 0 Å². The second-order valence-corrected chi connectivity index (χ2v) is 8.66. The van der Waals surface area contributed by atoms with Gasteiger partial charge in [0.1, 0.15) is 6.04 Å². The molecule has 1 N–H and O–H groups in total. The van der Waals surface area contributed by atoms with Crippen LogP contribution in [0.5, 0.6) is 17.2 Å². The summed E-state index contributed by atoms with van der Waals surface area (Å²) in [6, 6.07) is 9.15. The van der Waals surface area contributed by atoms with Crippen molar-refractivity contribution >= 4 is 17.6 Å². The number of carbonyl (C=O) groups excluding carboxylic acids is 3. The van der Waals surface area contributed by atoms with Gasteiger partial charge in [-0.15, -0.1) is 0 Å². The first-order valence-electron chi connectivity index (χ1n) is 11.2. The molecule has 2 amide bonds. The highest BCUT2D eigenvalue weighted by Crippen LogP contribution is 2.42. The number of benzene rings is 2. The Bertz CT molecular complexity index is 1070. The van der Waals surface area contributed by atoms with Gasteiger partial charge in [-0.1, -0.05) is 31.2 Å². The fourth-order valence-corrected chi connectivity index (χ4v) is 4.59. The van der Waals surface area contributed by atoms with Gasteiger partial charge in [-0.25, -0.2) is 0 Å². The van der Waals surface area contributed by atoms with Crippen LogP contribution in [-0.4, -0.2) is 55.9 Å². The largest absolute Gasteiger partial charge is 0.493 e. The second-order valence-electron chi connectivity index (χ2n) is 8.66. The summed E-state index contributed by atoms with van der Waals surface area (Å²) in [4.78, 5) is 41.8. The van der Waals surface area contributed by atoms with Gasteiger partial charge in [0.2, 0.25) is 11.7 Å². The number of Topliss-reactive ketones (excluding diaryl/α,β-unsaturated/α-hetero) is 1. The van der Waals surface area contributed by atoms with Gasteiger partial charge in [0, 0.05) is 17.5 Å². The Morgan fingerprint density at radius 3 is 1.97 bits per heavy atom. The van der Waals surface area contributed by atoms with Crippen LogP contribution in [0, 0.1) is 0 Å². The van der Waals surface area contributed by atoms with E-state index in [2.05, 4.69) is 5.32 Å². The van der Waals surface area contributed by atoms with Gasteiger partial charge in [-0.2, -0.15) is 0 Å². The van der Waals surface area contributed by atoms with Gasteiger partial charge in [0.05, 0.1) is 27.4 Å². The van der Waals surface area contributed by atoms with Crippen LogP contribution in [0.4, 0.5) is 0 Å². The van der Waals surface area contributed by atoms with E-state index < -0.39 is 23.8 Å². The summed E-state index contributed by atoms with van der Waals surface area (Å²) in [5.74, 6) is -1.29. The number of ether oxygens (including phenoxy) is 3. The molecule has 0 aliphatic carbocycles. The maximum atomic E-state index is 13.7.